The quantitative estimate of drug-likeness (QED) is 0.620. The zero-order valence-corrected chi connectivity index (χ0v) is 11.2. The molecule has 5 rings (SSSR count). The molecule has 3 aromatic rings. The number of fused-ring (bicyclic) bond motifs is 7. The van der Waals surface area contributed by atoms with Crippen molar-refractivity contribution < 1.29 is 4.42 Å². The maximum absolute atomic E-state index is 6.15. The van der Waals surface area contributed by atoms with Crippen molar-refractivity contribution in [3.8, 4) is 0 Å². The highest BCUT2D eigenvalue weighted by Gasteiger charge is 2.39. The second kappa shape index (κ2) is 3.42. The van der Waals surface area contributed by atoms with Gasteiger partial charge in [0.05, 0.1) is 12.4 Å². The van der Waals surface area contributed by atoms with Crippen molar-refractivity contribution in [1.29, 1.82) is 0 Å². The maximum Gasteiger partial charge on any atom is 0.141 e. The van der Waals surface area contributed by atoms with Crippen LogP contribution in [0, 0.1) is 0 Å². The molecule has 2 heterocycles. The van der Waals surface area contributed by atoms with Gasteiger partial charge in [-0.2, -0.15) is 0 Å². The molecule has 0 N–H and O–H groups in total. The molecule has 2 atom stereocenters. The zero-order chi connectivity index (χ0) is 13.3. The smallest absolute Gasteiger partial charge is 0.141 e. The normalized spacial score (nSPS) is 23.8. The number of hydrogen-bond donors (Lipinski definition) is 0. The monoisotopic (exact) mass is 262 g/mol. The molecular weight excluding hydrogens is 248 g/mol. The zero-order valence-electron chi connectivity index (χ0n) is 11.2. The van der Waals surface area contributed by atoms with Gasteiger partial charge in [-0.05, 0) is 18.1 Å². The van der Waals surface area contributed by atoms with Gasteiger partial charge < -0.3 is 9.32 Å². The third-order valence-electron chi connectivity index (χ3n) is 4.70. The molecular formula is C17H14N2O. The molecule has 3 nitrogen and oxygen atoms in total. The lowest BCUT2D eigenvalue weighted by Gasteiger charge is -2.17. The Labute approximate surface area is 116 Å². The summed E-state index contributed by atoms with van der Waals surface area (Å²) in [6.07, 6.45) is 3.02. The molecule has 2 aliphatic rings. The van der Waals surface area contributed by atoms with E-state index < -0.39 is 0 Å². The van der Waals surface area contributed by atoms with E-state index in [4.69, 9.17) is 4.42 Å². The molecule has 20 heavy (non-hydrogen) atoms. The average molecular weight is 262 g/mol. The van der Waals surface area contributed by atoms with E-state index >= 15 is 0 Å². The fourth-order valence-corrected chi connectivity index (χ4v) is 3.69. The molecule has 2 aromatic carbocycles. The number of aliphatic imine (C=N–C) groups is 1. The van der Waals surface area contributed by atoms with E-state index in [0.717, 1.165) is 17.6 Å². The lowest BCUT2D eigenvalue weighted by molar-refractivity contribution is 0.379. The molecule has 0 radical (unpaired) electrons. The Bertz CT molecular complexity index is 877. The Hall–Kier alpha value is -2.29. The summed E-state index contributed by atoms with van der Waals surface area (Å²) in [6, 6.07) is 13.4. The van der Waals surface area contributed by atoms with E-state index in [0.29, 0.717) is 6.04 Å². The summed E-state index contributed by atoms with van der Waals surface area (Å²) in [4.78, 5) is 6.90. The van der Waals surface area contributed by atoms with Crippen LogP contribution in [-0.4, -0.2) is 24.3 Å². The van der Waals surface area contributed by atoms with Crippen LogP contribution in [0.15, 0.2) is 45.8 Å². The van der Waals surface area contributed by atoms with Gasteiger partial charge in [0.15, 0.2) is 0 Å². The first-order valence-corrected chi connectivity index (χ1v) is 7.01. The number of rotatable bonds is 0. The molecule has 1 aromatic heterocycles. The van der Waals surface area contributed by atoms with Crippen LogP contribution in [0.1, 0.15) is 17.2 Å². The first-order chi connectivity index (χ1) is 9.83. The van der Waals surface area contributed by atoms with Gasteiger partial charge in [0.2, 0.25) is 0 Å². The van der Waals surface area contributed by atoms with Crippen LogP contribution in [-0.2, 0) is 6.42 Å². The first-order valence-electron chi connectivity index (χ1n) is 7.01. The van der Waals surface area contributed by atoms with Gasteiger partial charge in [-0.15, -0.1) is 0 Å². The largest absolute Gasteiger partial charge is 0.456 e. The highest BCUT2D eigenvalue weighted by molar-refractivity contribution is 6.06. The van der Waals surface area contributed by atoms with E-state index in [1.807, 2.05) is 18.5 Å². The molecule has 98 valence electrons. The summed E-state index contributed by atoms with van der Waals surface area (Å²) in [5.41, 5.74) is 4.68. The van der Waals surface area contributed by atoms with Gasteiger partial charge in [0, 0.05) is 23.4 Å². The molecule has 0 spiro atoms. The predicted octanol–water partition coefficient (Wildman–Crippen LogP) is 3.53. The molecule has 2 unspecified atom stereocenters. The number of hydrogen-bond acceptors (Lipinski definition) is 3. The van der Waals surface area contributed by atoms with Gasteiger partial charge in [-0.3, -0.25) is 4.99 Å². The SMILES string of the molecule is CN1C=NC2c3c(ccc4c3oc3ccccc34)CC21. The molecule has 0 saturated carbocycles. The highest BCUT2D eigenvalue weighted by atomic mass is 16.3. The Morgan fingerprint density at radius 1 is 1.15 bits per heavy atom. The van der Waals surface area contributed by atoms with Crippen molar-refractivity contribution in [2.45, 2.75) is 18.5 Å². The molecule has 0 amide bonds. The van der Waals surface area contributed by atoms with Crippen LogP contribution in [0.3, 0.4) is 0 Å². The summed E-state index contributed by atoms with van der Waals surface area (Å²) in [5, 5.41) is 2.41. The van der Waals surface area contributed by atoms with Crippen LogP contribution in [0.25, 0.3) is 21.9 Å². The summed E-state index contributed by atoms with van der Waals surface area (Å²) in [7, 11) is 2.11. The lowest BCUT2D eigenvalue weighted by atomic mass is 10.0. The van der Waals surface area contributed by atoms with Crippen LogP contribution in [0.5, 0.6) is 0 Å². The summed E-state index contributed by atoms with van der Waals surface area (Å²) >= 11 is 0. The van der Waals surface area contributed by atoms with E-state index in [1.54, 1.807) is 0 Å². The summed E-state index contributed by atoms with van der Waals surface area (Å²) < 4.78 is 6.15. The first kappa shape index (κ1) is 10.5. The fourth-order valence-electron chi connectivity index (χ4n) is 3.69. The number of para-hydroxylation sites is 1. The van der Waals surface area contributed by atoms with Crippen molar-refractivity contribution in [2.75, 3.05) is 7.05 Å². The maximum atomic E-state index is 6.15. The number of likely N-dealkylation sites (N-methyl/N-ethyl adjacent to an activating group) is 1. The van der Waals surface area contributed by atoms with Crippen molar-refractivity contribution in [3.05, 3.63) is 47.5 Å². The van der Waals surface area contributed by atoms with Crippen LogP contribution in [0.4, 0.5) is 0 Å². The minimum atomic E-state index is 0.235. The third kappa shape index (κ3) is 1.14. The van der Waals surface area contributed by atoms with E-state index in [1.165, 1.54) is 21.9 Å². The second-order valence-corrected chi connectivity index (χ2v) is 5.76. The van der Waals surface area contributed by atoms with Crippen molar-refractivity contribution in [3.63, 3.8) is 0 Å². The number of furan rings is 1. The van der Waals surface area contributed by atoms with Gasteiger partial charge in [-0.25, -0.2) is 0 Å². The molecule has 1 aliphatic carbocycles. The Balaban J connectivity index is 1.88. The van der Waals surface area contributed by atoms with Gasteiger partial charge in [0.25, 0.3) is 0 Å². The van der Waals surface area contributed by atoms with Crippen LogP contribution in [0.2, 0.25) is 0 Å². The van der Waals surface area contributed by atoms with Crippen molar-refractivity contribution in [1.82, 2.24) is 4.90 Å². The predicted molar refractivity (Wildman–Crippen MR) is 80.2 cm³/mol. The molecule has 0 bridgehead atoms. The van der Waals surface area contributed by atoms with Gasteiger partial charge >= 0.3 is 0 Å². The standard InChI is InChI=1S/C17H14N2O/c1-19-9-18-16-13(19)8-10-6-7-12-11-4-2-3-5-14(11)20-17(12)15(10)16/h2-7,9,13,16H,8H2,1H3. The van der Waals surface area contributed by atoms with Gasteiger partial charge in [-0.1, -0.05) is 30.3 Å². The average Bonchev–Trinajstić information content (AvgIpc) is 3.11. The Morgan fingerprint density at radius 3 is 3.00 bits per heavy atom. The molecule has 3 heteroatoms. The number of benzene rings is 2. The Kier molecular flexibility index (Phi) is 1.80. The van der Waals surface area contributed by atoms with Crippen LogP contribution >= 0.6 is 0 Å². The molecule has 1 aliphatic heterocycles. The van der Waals surface area contributed by atoms with E-state index in [9.17, 15) is 0 Å². The van der Waals surface area contributed by atoms with E-state index in [-0.39, 0.29) is 6.04 Å². The lowest BCUT2D eigenvalue weighted by Crippen LogP contribution is -2.27. The third-order valence-corrected chi connectivity index (χ3v) is 4.70. The summed E-state index contributed by atoms with van der Waals surface area (Å²) in [6.45, 7) is 0. The highest BCUT2D eigenvalue weighted by Crippen LogP contribution is 2.45. The molecule has 0 fully saturated rings. The van der Waals surface area contributed by atoms with Crippen molar-refractivity contribution in [2.24, 2.45) is 4.99 Å². The Morgan fingerprint density at radius 2 is 2.05 bits per heavy atom. The van der Waals surface area contributed by atoms with Gasteiger partial charge in [0.1, 0.15) is 17.2 Å². The second-order valence-electron chi connectivity index (χ2n) is 5.76. The molecule has 0 saturated heterocycles. The summed E-state index contributed by atoms with van der Waals surface area (Å²) in [5.74, 6) is 0. The minimum Gasteiger partial charge on any atom is -0.456 e. The minimum absolute atomic E-state index is 0.235. The fraction of sp³-hybridized carbons (Fsp3) is 0.235. The van der Waals surface area contributed by atoms with Crippen LogP contribution < -0.4 is 0 Å². The topological polar surface area (TPSA) is 28.7 Å². The van der Waals surface area contributed by atoms with E-state index in [2.05, 4.69) is 41.2 Å². The van der Waals surface area contributed by atoms with Crippen molar-refractivity contribution >= 4 is 28.3 Å². The number of nitrogens with zero attached hydrogens (tertiary/aromatic N) is 2.